The quantitative estimate of drug-likeness (QED) is 0.603. The second kappa shape index (κ2) is 6.05. The molecule has 1 saturated carbocycles. The SMILES string of the molecule is COCC(CNC(C(=O)O)C1CC1)OC. The number of hydrogen-bond donors (Lipinski definition) is 2. The van der Waals surface area contributed by atoms with Gasteiger partial charge in [-0.2, -0.15) is 0 Å². The lowest BCUT2D eigenvalue weighted by Gasteiger charge is -2.19. The molecule has 1 fully saturated rings. The summed E-state index contributed by atoms with van der Waals surface area (Å²) in [6.07, 6.45) is 1.92. The summed E-state index contributed by atoms with van der Waals surface area (Å²) in [5.74, 6) is -0.479. The van der Waals surface area contributed by atoms with Gasteiger partial charge in [-0.3, -0.25) is 4.79 Å². The second-order valence-corrected chi connectivity index (χ2v) is 3.87. The molecule has 2 unspecified atom stereocenters. The summed E-state index contributed by atoms with van der Waals surface area (Å²) < 4.78 is 10.1. The van der Waals surface area contributed by atoms with Crippen LogP contribution in [0.25, 0.3) is 0 Å². The molecule has 1 aliphatic carbocycles. The van der Waals surface area contributed by atoms with Gasteiger partial charge in [-0.1, -0.05) is 0 Å². The van der Waals surface area contributed by atoms with Gasteiger partial charge in [0.2, 0.25) is 0 Å². The summed E-state index contributed by atoms with van der Waals surface area (Å²) in [6.45, 7) is 0.984. The van der Waals surface area contributed by atoms with Crippen LogP contribution in [0, 0.1) is 5.92 Å². The van der Waals surface area contributed by atoms with E-state index in [1.807, 2.05) is 0 Å². The highest BCUT2D eigenvalue weighted by Crippen LogP contribution is 2.32. The van der Waals surface area contributed by atoms with Gasteiger partial charge in [0.1, 0.15) is 6.04 Å². The molecule has 2 N–H and O–H groups in total. The van der Waals surface area contributed by atoms with Crippen molar-refractivity contribution in [3.63, 3.8) is 0 Å². The standard InChI is InChI=1S/C10H19NO4/c1-14-6-8(15-2)5-11-9(10(12)13)7-3-4-7/h7-9,11H,3-6H2,1-2H3,(H,12,13). The number of carboxylic acid groups (broad SMARTS) is 1. The minimum Gasteiger partial charge on any atom is -0.480 e. The Bertz CT molecular complexity index is 206. The Hall–Kier alpha value is -0.650. The number of aliphatic carboxylic acids is 1. The van der Waals surface area contributed by atoms with Crippen LogP contribution in [-0.2, 0) is 14.3 Å². The van der Waals surface area contributed by atoms with Crippen LogP contribution in [0.5, 0.6) is 0 Å². The van der Waals surface area contributed by atoms with Crippen LogP contribution in [0.1, 0.15) is 12.8 Å². The highest BCUT2D eigenvalue weighted by Gasteiger charge is 2.36. The average molecular weight is 217 g/mol. The lowest BCUT2D eigenvalue weighted by atomic mass is 10.2. The Balaban J connectivity index is 2.28. The van der Waals surface area contributed by atoms with Gasteiger partial charge in [-0.25, -0.2) is 0 Å². The zero-order valence-electron chi connectivity index (χ0n) is 9.23. The van der Waals surface area contributed by atoms with E-state index in [1.165, 1.54) is 0 Å². The molecule has 1 rings (SSSR count). The first-order valence-corrected chi connectivity index (χ1v) is 5.17. The third-order valence-electron chi connectivity index (χ3n) is 2.61. The lowest BCUT2D eigenvalue weighted by molar-refractivity contribution is -0.140. The van der Waals surface area contributed by atoms with Gasteiger partial charge in [0.25, 0.3) is 0 Å². The van der Waals surface area contributed by atoms with Gasteiger partial charge in [0.05, 0.1) is 12.7 Å². The fraction of sp³-hybridized carbons (Fsp3) is 0.900. The van der Waals surface area contributed by atoms with Gasteiger partial charge >= 0.3 is 5.97 Å². The van der Waals surface area contributed by atoms with E-state index in [9.17, 15) is 4.79 Å². The van der Waals surface area contributed by atoms with Crippen LogP contribution in [-0.4, -0.2) is 50.6 Å². The lowest BCUT2D eigenvalue weighted by Crippen LogP contribution is -2.43. The third kappa shape index (κ3) is 4.15. The van der Waals surface area contributed by atoms with Crippen molar-refractivity contribution in [3.05, 3.63) is 0 Å². The zero-order chi connectivity index (χ0) is 11.3. The molecule has 0 bridgehead atoms. The average Bonchev–Trinajstić information content (AvgIpc) is 3.00. The van der Waals surface area contributed by atoms with Crippen molar-refractivity contribution in [1.82, 2.24) is 5.32 Å². The minimum atomic E-state index is -0.773. The monoisotopic (exact) mass is 217 g/mol. The number of carbonyl (C=O) groups is 1. The topological polar surface area (TPSA) is 67.8 Å². The third-order valence-corrected chi connectivity index (χ3v) is 2.61. The second-order valence-electron chi connectivity index (χ2n) is 3.87. The summed E-state index contributed by atoms with van der Waals surface area (Å²) in [5, 5.41) is 12.0. The molecule has 0 aliphatic heterocycles. The zero-order valence-corrected chi connectivity index (χ0v) is 9.23. The Morgan fingerprint density at radius 2 is 2.20 bits per heavy atom. The molecule has 0 saturated heterocycles. The number of rotatable bonds is 8. The van der Waals surface area contributed by atoms with Crippen molar-refractivity contribution < 1.29 is 19.4 Å². The maximum atomic E-state index is 10.9. The molecule has 1 aliphatic rings. The highest BCUT2D eigenvalue weighted by molar-refractivity contribution is 5.74. The Kier molecular flexibility index (Phi) is 5.01. The summed E-state index contributed by atoms with van der Waals surface area (Å²) >= 11 is 0. The first-order valence-electron chi connectivity index (χ1n) is 5.17. The number of nitrogens with one attached hydrogen (secondary N) is 1. The maximum Gasteiger partial charge on any atom is 0.320 e. The van der Waals surface area contributed by atoms with Crippen molar-refractivity contribution in [1.29, 1.82) is 0 Å². The van der Waals surface area contributed by atoms with Crippen molar-refractivity contribution in [3.8, 4) is 0 Å². The summed E-state index contributed by atoms with van der Waals surface area (Å²) in [5.41, 5.74) is 0. The van der Waals surface area contributed by atoms with E-state index in [-0.39, 0.29) is 6.10 Å². The van der Waals surface area contributed by atoms with Gasteiger partial charge in [0, 0.05) is 20.8 Å². The molecule has 0 heterocycles. The molecule has 88 valence electrons. The first kappa shape index (κ1) is 12.4. The van der Waals surface area contributed by atoms with Crippen molar-refractivity contribution in [2.75, 3.05) is 27.4 Å². The number of methoxy groups -OCH3 is 2. The Morgan fingerprint density at radius 3 is 2.60 bits per heavy atom. The molecule has 15 heavy (non-hydrogen) atoms. The van der Waals surface area contributed by atoms with E-state index >= 15 is 0 Å². The molecule has 0 aromatic carbocycles. The van der Waals surface area contributed by atoms with E-state index < -0.39 is 12.0 Å². The molecular weight excluding hydrogens is 198 g/mol. The van der Waals surface area contributed by atoms with Gasteiger partial charge in [-0.05, 0) is 18.8 Å². The van der Waals surface area contributed by atoms with Crippen LogP contribution in [0.15, 0.2) is 0 Å². The van der Waals surface area contributed by atoms with Gasteiger partial charge in [0.15, 0.2) is 0 Å². The van der Waals surface area contributed by atoms with Crippen LogP contribution in [0.3, 0.4) is 0 Å². The normalized spacial score (nSPS) is 19.9. The van der Waals surface area contributed by atoms with E-state index in [4.69, 9.17) is 14.6 Å². The minimum absolute atomic E-state index is 0.0874. The fourth-order valence-corrected chi connectivity index (χ4v) is 1.54. The van der Waals surface area contributed by atoms with Crippen molar-refractivity contribution in [2.45, 2.75) is 25.0 Å². The highest BCUT2D eigenvalue weighted by atomic mass is 16.5. The van der Waals surface area contributed by atoms with E-state index in [0.717, 1.165) is 12.8 Å². The first-order chi connectivity index (χ1) is 7.19. The van der Waals surface area contributed by atoms with Crippen molar-refractivity contribution in [2.24, 2.45) is 5.92 Å². The van der Waals surface area contributed by atoms with Crippen LogP contribution in [0.4, 0.5) is 0 Å². The van der Waals surface area contributed by atoms with Gasteiger partial charge in [-0.15, -0.1) is 0 Å². The molecule has 0 aromatic heterocycles. The maximum absolute atomic E-state index is 10.9. The van der Waals surface area contributed by atoms with E-state index in [2.05, 4.69) is 5.32 Å². The fourth-order valence-electron chi connectivity index (χ4n) is 1.54. The molecule has 0 radical (unpaired) electrons. The molecule has 0 amide bonds. The Morgan fingerprint density at radius 1 is 1.53 bits per heavy atom. The Labute approximate surface area is 89.8 Å². The summed E-state index contributed by atoms with van der Waals surface area (Å²) in [6, 6.07) is -0.431. The molecule has 0 spiro atoms. The van der Waals surface area contributed by atoms with E-state index in [1.54, 1.807) is 14.2 Å². The summed E-state index contributed by atoms with van der Waals surface area (Å²) in [4.78, 5) is 10.9. The van der Waals surface area contributed by atoms with E-state index in [0.29, 0.717) is 19.1 Å². The number of hydrogen-bond acceptors (Lipinski definition) is 4. The number of carboxylic acids is 1. The predicted octanol–water partition coefficient (Wildman–Crippen LogP) is 0.101. The largest absolute Gasteiger partial charge is 0.480 e. The smallest absolute Gasteiger partial charge is 0.320 e. The number of ether oxygens (including phenoxy) is 2. The molecule has 0 aromatic rings. The molecular formula is C10H19NO4. The van der Waals surface area contributed by atoms with Crippen LogP contribution < -0.4 is 5.32 Å². The molecule has 2 atom stereocenters. The molecule has 5 heteroatoms. The van der Waals surface area contributed by atoms with Gasteiger partial charge < -0.3 is 19.9 Å². The molecule has 5 nitrogen and oxygen atoms in total. The predicted molar refractivity (Wildman–Crippen MR) is 54.8 cm³/mol. The van der Waals surface area contributed by atoms with Crippen molar-refractivity contribution >= 4 is 5.97 Å². The van der Waals surface area contributed by atoms with Crippen LogP contribution >= 0.6 is 0 Å². The summed E-state index contributed by atoms with van der Waals surface area (Å²) in [7, 11) is 3.19. The van der Waals surface area contributed by atoms with Crippen LogP contribution in [0.2, 0.25) is 0 Å².